The Morgan fingerprint density at radius 1 is 1.53 bits per heavy atom. The lowest BCUT2D eigenvalue weighted by atomic mass is 10.1. The second-order valence-corrected chi connectivity index (χ2v) is 4.45. The lowest BCUT2D eigenvalue weighted by molar-refractivity contribution is -0.121. The van der Waals surface area contributed by atoms with Crippen LogP contribution in [0, 0.1) is 0 Å². The number of carbonyl (C=O) groups is 1. The molecule has 0 saturated heterocycles. The number of nitrogens with two attached hydrogens (primary N) is 1. The summed E-state index contributed by atoms with van der Waals surface area (Å²) < 4.78 is 0. The first-order chi connectivity index (χ1) is 8.09. The van der Waals surface area contributed by atoms with Crippen molar-refractivity contribution < 1.29 is 4.79 Å². The summed E-state index contributed by atoms with van der Waals surface area (Å²) in [7, 11) is 0. The predicted octanol–water partition coefficient (Wildman–Crippen LogP) is 1.78. The van der Waals surface area contributed by atoms with Gasteiger partial charge in [-0.15, -0.1) is 0 Å². The number of pyridine rings is 1. The van der Waals surface area contributed by atoms with E-state index in [1.54, 1.807) is 12.4 Å². The van der Waals surface area contributed by atoms with Crippen molar-refractivity contribution in [2.75, 3.05) is 0 Å². The average molecular weight is 235 g/mol. The molecule has 4 heteroatoms. The molecule has 1 heterocycles. The van der Waals surface area contributed by atoms with Crippen molar-refractivity contribution in [3.8, 4) is 0 Å². The summed E-state index contributed by atoms with van der Waals surface area (Å²) >= 11 is 0. The van der Waals surface area contributed by atoms with Crippen LogP contribution < -0.4 is 11.1 Å². The molecule has 0 aliphatic carbocycles. The molecule has 0 aliphatic rings. The molecule has 4 nitrogen and oxygen atoms in total. The molecule has 0 radical (unpaired) electrons. The Bertz CT molecular complexity index is 338. The molecule has 0 aromatic carbocycles. The Balaban J connectivity index is 2.31. The maximum Gasteiger partial charge on any atom is 0.220 e. The van der Waals surface area contributed by atoms with E-state index in [2.05, 4.69) is 10.3 Å². The number of rotatable bonds is 6. The van der Waals surface area contributed by atoms with Gasteiger partial charge in [-0.05, 0) is 38.3 Å². The van der Waals surface area contributed by atoms with E-state index in [1.807, 2.05) is 26.0 Å². The fourth-order valence-corrected chi connectivity index (χ4v) is 1.61. The highest BCUT2D eigenvalue weighted by atomic mass is 16.1. The van der Waals surface area contributed by atoms with Crippen molar-refractivity contribution in [2.45, 2.75) is 45.2 Å². The van der Waals surface area contributed by atoms with Crippen LogP contribution in [0.15, 0.2) is 24.5 Å². The van der Waals surface area contributed by atoms with Crippen LogP contribution in [-0.2, 0) is 4.79 Å². The standard InChI is InChI=1S/C13H21N3O/c1-10(14)5-3-7-13(17)16-11(2)12-6-4-8-15-9-12/h4,6,8-11H,3,5,7,14H2,1-2H3,(H,16,17)/t10?,11-/m1/s1. The molecule has 1 aromatic heterocycles. The maximum absolute atomic E-state index is 11.6. The SMILES string of the molecule is CC(N)CCCC(=O)N[C@H](C)c1cccnc1. The largest absolute Gasteiger partial charge is 0.350 e. The fourth-order valence-electron chi connectivity index (χ4n) is 1.61. The topological polar surface area (TPSA) is 68.0 Å². The van der Waals surface area contributed by atoms with Gasteiger partial charge in [0, 0.05) is 24.9 Å². The first kappa shape index (κ1) is 13.6. The van der Waals surface area contributed by atoms with Crippen molar-refractivity contribution >= 4 is 5.91 Å². The Labute approximate surface area is 103 Å². The smallest absolute Gasteiger partial charge is 0.220 e. The van der Waals surface area contributed by atoms with Crippen LogP contribution in [0.2, 0.25) is 0 Å². The summed E-state index contributed by atoms with van der Waals surface area (Å²) in [5.41, 5.74) is 6.65. The highest BCUT2D eigenvalue weighted by Gasteiger charge is 2.09. The van der Waals surface area contributed by atoms with Crippen molar-refractivity contribution in [1.82, 2.24) is 10.3 Å². The second kappa shape index (κ2) is 7.01. The van der Waals surface area contributed by atoms with Crippen LogP contribution in [0.4, 0.5) is 0 Å². The Morgan fingerprint density at radius 2 is 2.29 bits per heavy atom. The molecule has 3 N–H and O–H groups in total. The van der Waals surface area contributed by atoms with E-state index in [1.165, 1.54) is 0 Å². The van der Waals surface area contributed by atoms with E-state index >= 15 is 0 Å². The monoisotopic (exact) mass is 235 g/mol. The number of amides is 1. The van der Waals surface area contributed by atoms with Gasteiger partial charge in [-0.1, -0.05) is 6.07 Å². The van der Waals surface area contributed by atoms with E-state index in [9.17, 15) is 4.79 Å². The van der Waals surface area contributed by atoms with Gasteiger partial charge in [-0.2, -0.15) is 0 Å². The minimum absolute atomic E-state index is 0.00602. The van der Waals surface area contributed by atoms with E-state index in [-0.39, 0.29) is 18.0 Å². The van der Waals surface area contributed by atoms with Crippen molar-refractivity contribution in [3.05, 3.63) is 30.1 Å². The highest BCUT2D eigenvalue weighted by molar-refractivity contribution is 5.76. The van der Waals surface area contributed by atoms with Gasteiger partial charge in [0.1, 0.15) is 0 Å². The molecule has 0 spiro atoms. The van der Waals surface area contributed by atoms with E-state index in [4.69, 9.17) is 5.73 Å². The van der Waals surface area contributed by atoms with Gasteiger partial charge in [0.25, 0.3) is 0 Å². The van der Waals surface area contributed by atoms with E-state index in [0.717, 1.165) is 18.4 Å². The maximum atomic E-state index is 11.6. The zero-order chi connectivity index (χ0) is 12.7. The quantitative estimate of drug-likeness (QED) is 0.789. The van der Waals surface area contributed by atoms with Gasteiger partial charge in [-0.3, -0.25) is 9.78 Å². The van der Waals surface area contributed by atoms with Crippen LogP contribution in [0.3, 0.4) is 0 Å². The highest BCUT2D eigenvalue weighted by Crippen LogP contribution is 2.10. The van der Waals surface area contributed by atoms with Crippen LogP contribution in [-0.4, -0.2) is 16.9 Å². The number of nitrogens with one attached hydrogen (secondary N) is 1. The third-order valence-electron chi connectivity index (χ3n) is 2.63. The van der Waals surface area contributed by atoms with Crippen LogP contribution in [0.5, 0.6) is 0 Å². The van der Waals surface area contributed by atoms with Crippen LogP contribution in [0.25, 0.3) is 0 Å². The molecule has 2 atom stereocenters. The Kier molecular flexibility index (Phi) is 5.63. The zero-order valence-corrected chi connectivity index (χ0v) is 10.5. The summed E-state index contributed by atoms with van der Waals surface area (Å²) in [5, 5.41) is 2.95. The normalized spacial score (nSPS) is 14.1. The van der Waals surface area contributed by atoms with Gasteiger partial charge >= 0.3 is 0 Å². The molecule has 1 unspecified atom stereocenters. The molecule has 94 valence electrons. The van der Waals surface area contributed by atoms with Gasteiger partial charge in [0.05, 0.1) is 6.04 Å². The molecule has 0 bridgehead atoms. The molecule has 0 fully saturated rings. The Morgan fingerprint density at radius 3 is 2.88 bits per heavy atom. The van der Waals surface area contributed by atoms with Crippen LogP contribution in [0.1, 0.15) is 44.7 Å². The lowest BCUT2D eigenvalue weighted by Crippen LogP contribution is -2.26. The molecular weight excluding hydrogens is 214 g/mol. The fraction of sp³-hybridized carbons (Fsp3) is 0.538. The Hall–Kier alpha value is -1.42. The zero-order valence-electron chi connectivity index (χ0n) is 10.5. The predicted molar refractivity (Wildman–Crippen MR) is 68.3 cm³/mol. The molecule has 1 aromatic rings. The second-order valence-electron chi connectivity index (χ2n) is 4.45. The number of aromatic nitrogens is 1. The molecular formula is C13H21N3O. The lowest BCUT2D eigenvalue weighted by Gasteiger charge is -2.14. The van der Waals surface area contributed by atoms with E-state index in [0.29, 0.717) is 6.42 Å². The molecule has 0 aliphatic heterocycles. The van der Waals surface area contributed by atoms with Gasteiger partial charge in [-0.25, -0.2) is 0 Å². The average Bonchev–Trinajstić information content (AvgIpc) is 2.29. The summed E-state index contributed by atoms with van der Waals surface area (Å²) in [4.78, 5) is 15.7. The third kappa shape index (κ3) is 5.45. The third-order valence-corrected chi connectivity index (χ3v) is 2.63. The number of hydrogen-bond donors (Lipinski definition) is 2. The molecule has 17 heavy (non-hydrogen) atoms. The number of nitrogens with zero attached hydrogens (tertiary/aromatic N) is 1. The minimum atomic E-state index is 0.00602. The summed E-state index contributed by atoms with van der Waals surface area (Å²) in [5.74, 6) is 0.0713. The van der Waals surface area contributed by atoms with Gasteiger partial charge in [0.2, 0.25) is 5.91 Å². The molecule has 0 saturated carbocycles. The van der Waals surface area contributed by atoms with Gasteiger partial charge in [0.15, 0.2) is 0 Å². The molecule has 1 amide bonds. The summed E-state index contributed by atoms with van der Waals surface area (Å²) in [6.07, 6.45) is 5.75. The first-order valence-electron chi connectivity index (χ1n) is 6.04. The van der Waals surface area contributed by atoms with Crippen LogP contribution >= 0.6 is 0 Å². The van der Waals surface area contributed by atoms with E-state index < -0.39 is 0 Å². The summed E-state index contributed by atoms with van der Waals surface area (Å²) in [6.45, 7) is 3.91. The summed E-state index contributed by atoms with van der Waals surface area (Å²) in [6, 6.07) is 4.00. The van der Waals surface area contributed by atoms with Crippen molar-refractivity contribution in [1.29, 1.82) is 0 Å². The van der Waals surface area contributed by atoms with Gasteiger partial charge < -0.3 is 11.1 Å². The number of hydrogen-bond acceptors (Lipinski definition) is 3. The van der Waals surface area contributed by atoms with Crippen molar-refractivity contribution in [3.63, 3.8) is 0 Å². The van der Waals surface area contributed by atoms with Crippen molar-refractivity contribution in [2.24, 2.45) is 5.73 Å². The first-order valence-corrected chi connectivity index (χ1v) is 6.04. The number of carbonyl (C=O) groups excluding carboxylic acids is 1. The molecule has 1 rings (SSSR count). The minimum Gasteiger partial charge on any atom is -0.350 e.